The molecule has 2 aromatic carbocycles. The molecule has 18 heteroatoms. The Hall–Kier alpha value is -4.20. The van der Waals surface area contributed by atoms with Crippen molar-refractivity contribution in [1.82, 2.24) is 13.7 Å². The van der Waals surface area contributed by atoms with Crippen molar-refractivity contribution >= 4 is 30.4 Å². The van der Waals surface area contributed by atoms with E-state index in [1.54, 1.807) is 90.2 Å². The Bertz CT molecular complexity index is 2350. The minimum Gasteiger partial charge on any atom is -0.282 e. The maximum absolute atomic E-state index is 11.6. The van der Waals surface area contributed by atoms with Crippen molar-refractivity contribution in [3.63, 3.8) is 0 Å². The molecule has 1 unspecified atom stereocenters. The van der Waals surface area contributed by atoms with Gasteiger partial charge >= 0.3 is 10.1 Å². The first-order valence-electron chi connectivity index (χ1n) is 16.6. The fourth-order valence-corrected chi connectivity index (χ4v) is 8.05. The summed E-state index contributed by atoms with van der Waals surface area (Å²) in [6.45, 7) is 11.8. The number of aryl methyl sites for hydroxylation is 3. The first-order chi connectivity index (χ1) is 24.4. The van der Waals surface area contributed by atoms with Gasteiger partial charge in [-0.1, -0.05) is 74.6 Å². The topological polar surface area (TPSA) is 190 Å². The third-order valence-corrected chi connectivity index (χ3v) is 11.4. The third-order valence-electron chi connectivity index (χ3n) is 8.15. The number of rotatable bonds is 10. The van der Waals surface area contributed by atoms with E-state index in [-0.39, 0.29) is 43.8 Å². The summed E-state index contributed by atoms with van der Waals surface area (Å²) < 4.78 is 107. The molecule has 15 nitrogen and oxygen atoms in total. The molecule has 5 aromatic rings. The maximum atomic E-state index is 11.6. The quantitative estimate of drug-likeness (QED) is 0.124. The lowest BCUT2D eigenvalue weighted by Gasteiger charge is -2.13. The Balaban J connectivity index is 0.000000801. The molecule has 3 N–H and O–H groups in total. The van der Waals surface area contributed by atoms with Gasteiger partial charge in [0.1, 0.15) is 53.5 Å². The molecule has 0 aliphatic heterocycles. The van der Waals surface area contributed by atoms with E-state index >= 15 is 0 Å². The molecule has 1 atom stereocenters. The van der Waals surface area contributed by atoms with Crippen molar-refractivity contribution in [2.75, 3.05) is 0 Å². The standard InChI is InChI=1S/C14H18N2O3S.C13H16N2O3S.C8H14N2O3S.2CH4.H2/c1-11(2)12-4-5-13(14(8-12)20(17,18)19)9-16-7-6-15(3)10-16;1-10(2)11-4-5-12(13(8-11)19(16,17)18)15-7-6-14(3)9-15;1-7(2)8(14(11,12)13)10-5-4-9(3)6-10;;;/h4-8,10-11H,9H2,1-3H3;4-10H,1-3H3;4-8H,1-3H3;2*1H4;1H/p+3. The molecule has 3 heterocycles. The monoisotopic (exact) mass is 829 g/mol. The van der Waals surface area contributed by atoms with Gasteiger partial charge in [0.2, 0.25) is 24.4 Å². The smallest absolute Gasteiger partial charge is 0.282 e. The molecular weight excluding hydrogens is 769 g/mol. The number of aromatic nitrogens is 6. The van der Waals surface area contributed by atoms with E-state index in [2.05, 4.69) is 0 Å². The molecule has 0 saturated heterocycles. The summed E-state index contributed by atoms with van der Waals surface area (Å²) in [5.41, 5.74) is 2.77. The van der Waals surface area contributed by atoms with Crippen LogP contribution < -0.4 is 13.7 Å². The fraction of sp³-hybridized carbons (Fsp3) is 0.432. The first kappa shape index (κ1) is 48.8. The Morgan fingerprint density at radius 2 is 1.11 bits per heavy atom. The van der Waals surface area contributed by atoms with Crippen molar-refractivity contribution in [2.24, 2.45) is 27.1 Å². The summed E-state index contributed by atoms with van der Waals surface area (Å²) in [6, 6.07) is 10.3. The van der Waals surface area contributed by atoms with Crippen LogP contribution >= 0.6 is 0 Å². The van der Waals surface area contributed by atoms with Gasteiger partial charge in [-0.15, -0.1) is 0 Å². The molecule has 0 aliphatic carbocycles. The second-order valence-corrected chi connectivity index (χ2v) is 18.1. The molecule has 0 saturated carbocycles. The number of imidazole rings is 3. The van der Waals surface area contributed by atoms with E-state index in [0.717, 1.165) is 11.1 Å². The highest BCUT2D eigenvalue weighted by molar-refractivity contribution is 7.86. The van der Waals surface area contributed by atoms with E-state index in [9.17, 15) is 34.4 Å². The van der Waals surface area contributed by atoms with Crippen molar-refractivity contribution in [3.05, 3.63) is 109 Å². The lowest BCUT2D eigenvalue weighted by atomic mass is 10.0. The predicted molar refractivity (Wildman–Crippen MR) is 213 cm³/mol. The van der Waals surface area contributed by atoms with Crippen molar-refractivity contribution in [3.8, 4) is 5.69 Å². The van der Waals surface area contributed by atoms with E-state index in [1.807, 2.05) is 81.8 Å². The highest BCUT2D eigenvalue weighted by atomic mass is 32.2. The van der Waals surface area contributed by atoms with E-state index in [4.69, 9.17) is 4.55 Å². The highest BCUT2D eigenvalue weighted by Crippen LogP contribution is 2.26. The van der Waals surface area contributed by atoms with Gasteiger partial charge in [-0.25, -0.2) is 27.4 Å². The Morgan fingerprint density at radius 1 is 0.636 bits per heavy atom. The summed E-state index contributed by atoms with van der Waals surface area (Å²) >= 11 is 0. The van der Waals surface area contributed by atoms with Crippen LogP contribution in [0, 0.1) is 5.92 Å². The lowest BCUT2D eigenvalue weighted by molar-refractivity contribution is -0.671. The Morgan fingerprint density at radius 3 is 1.51 bits per heavy atom. The molecule has 0 spiro atoms. The number of hydrogen-bond donors (Lipinski definition) is 3. The zero-order chi connectivity index (χ0) is 40.1. The highest BCUT2D eigenvalue weighted by Gasteiger charge is 2.32. The Labute approximate surface area is 328 Å². The molecular formula is C37H61N6O9S3+3. The van der Waals surface area contributed by atoms with Crippen LogP contribution in [0.3, 0.4) is 0 Å². The minimum absolute atomic E-state index is 0. The van der Waals surface area contributed by atoms with Crippen LogP contribution in [0.1, 0.15) is 91.7 Å². The fourth-order valence-electron chi connectivity index (χ4n) is 5.46. The molecule has 0 radical (unpaired) electrons. The second-order valence-electron chi connectivity index (χ2n) is 13.8. The van der Waals surface area contributed by atoms with Crippen molar-refractivity contribution in [2.45, 2.75) is 89.9 Å². The summed E-state index contributed by atoms with van der Waals surface area (Å²) in [5, 5.41) is -0.913. The summed E-state index contributed by atoms with van der Waals surface area (Å²) in [4.78, 5) is -0.0880. The normalized spacial score (nSPS) is 12.3. The summed E-state index contributed by atoms with van der Waals surface area (Å²) in [6.07, 6.45) is 15.8. The van der Waals surface area contributed by atoms with Crippen molar-refractivity contribution in [1.29, 1.82) is 0 Å². The van der Waals surface area contributed by atoms with Gasteiger partial charge in [0.15, 0.2) is 5.69 Å². The molecule has 0 amide bonds. The van der Waals surface area contributed by atoms with E-state index in [1.165, 1.54) is 10.6 Å². The van der Waals surface area contributed by atoms with Gasteiger partial charge in [0.05, 0.1) is 21.1 Å². The van der Waals surface area contributed by atoms with Gasteiger partial charge in [-0.2, -0.15) is 25.3 Å². The molecule has 0 aliphatic rings. The molecule has 3 aromatic heterocycles. The van der Waals surface area contributed by atoms with Gasteiger partial charge in [-0.05, 0) is 41.2 Å². The van der Waals surface area contributed by atoms with E-state index in [0.29, 0.717) is 17.8 Å². The van der Waals surface area contributed by atoms with Crippen LogP contribution in [0.4, 0.5) is 0 Å². The third kappa shape index (κ3) is 13.8. The van der Waals surface area contributed by atoms with Gasteiger partial charge in [0.25, 0.3) is 20.2 Å². The van der Waals surface area contributed by atoms with Crippen LogP contribution in [-0.4, -0.2) is 52.6 Å². The molecule has 308 valence electrons. The molecule has 5 rings (SSSR count). The molecule has 0 fully saturated rings. The number of benzene rings is 2. The predicted octanol–water partition coefficient (Wildman–Crippen LogP) is 5.28. The van der Waals surface area contributed by atoms with Crippen LogP contribution in [0.15, 0.2) is 102 Å². The van der Waals surface area contributed by atoms with Crippen LogP contribution in [0.25, 0.3) is 5.69 Å². The minimum atomic E-state index is -4.26. The number of hydrogen-bond acceptors (Lipinski definition) is 6. The zero-order valence-electron chi connectivity index (χ0n) is 31.4. The van der Waals surface area contributed by atoms with Crippen LogP contribution in [-0.2, 0) is 58.0 Å². The van der Waals surface area contributed by atoms with Gasteiger partial charge in [0, 0.05) is 12.9 Å². The SMILES string of the molecule is C.C.CC(C)C(n1cc[n+](C)c1)S(=O)(=O)O.CC(C)c1ccc(-n2cc[n+](C)c2)c(S(=O)(=O)O)c1.CC(C)c1ccc(Cn2cc[n+](C)c2)c(S(=O)(=O)O)c1.[HH]. The van der Waals surface area contributed by atoms with Gasteiger partial charge in [-0.3, -0.25) is 13.7 Å². The first-order valence-corrected chi connectivity index (χ1v) is 21.0. The number of nitrogens with zero attached hydrogens (tertiary/aromatic N) is 6. The summed E-state index contributed by atoms with van der Waals surface area (Å²) in [5.74, 6) is 0.210. The second kappa shape index (κ2) is 19.6. The largest absolute Gasteiger partial charge is 0.307 e. The molecule has 0 bridgehead atoms. The van der Waals surface area contributed by atoms with Crippen LogP contribution in [0.5, 0.6) is 0 Å². The van der Waals surface area contributed by atoms with E-state index < -0.39 is 35.7 Å². The maximum Gasteiger partial charge on any atom is 0.307 e. The average Bonchev–Trinajstić information content (AvgIpc) is 3.77. The lowest BCUT2D eigenvalue weighted by Crippen LogP contribution is -2.28. The summed E-state index contributed by atoms with van der Waals surface area (Å²) in [7, 11) is -7.02. The zero-order valence-corrected chi connectivity index (χ0v) is 33.8. The molecule has 55 heavy (non-hydrogen) atoms. The van der Waals surface area contributed by atoms with Gasteiger partial charge < -0.3 is 0 Å². The van der Waals surface area contributed by atoms with Crippen molar-refractivity contribution < 1.29 is 54.0 Å². The average molecular weight is 830 g/mol. The Kier molecular flexibility index (Phi) is 17.4. The van der Waals surface area contributed by atoms with Crippen LogP contribution in [0.2, 0.25) is 0 Å².